The van der Waals surface area contributed by atoms with Crippen molar-refractivity contribution in [3.05, 3.63) is 23.9 Å². The minimum Gasteiger partial charge on any atom is -0.357 e. The molecule has 1 aromatic heterocycles. The maximum atomic E-state index is 4.65. The van der Waals surface area contributed by atoms with Crippen molar-refractivity contribution in [2.24, 2.45) is 0 Å². The second kappa shape index (κ2) is 6.48. The first-order chi connectivity index (χ1) is 7.67. The Balaban J connectivity index is 2.70. The molecular weight excluding hydrogens is 198 g/mol. The van der Waals surface area contributed by atoms with Gasteiger partial charge in [-0.15, -0.1) is 0 Å². The van der Waals surface area contributed by atoms with E-state index in [1.54, 1.807) is 0 Å². The first-order valence-electron chi connectivity index (χ1n) is 6.11. The molecule has 1 aromatic rings. The van der Waals surface area contributed by atoms with Crippen LogP contribution in [0.2, 0.25) is 0 Å². The van der Waals surface area contributed by atoms with E-state index in [4.69, 9.17) is 0 Å². The van der Waals surface area contributed by atoms with Gasteiger partial charge < -0.3 is 10.2 Å². The second-order valence-corrected chi connectivity index (χ2v) is 4.20. The average Bonchev–Trinajstić information content (AvgIpc) is 2.29. The van der Waals surface area contributed by atoms with Crippen LogP contribution in [0.3, 0.4) is 0 Å². The van der Waals surface area contributed by atoms with Crippen LogP contribution < -0.4 is 10.2 Å². The number of anilines is 1. The highest BCUT2D eigenvalue weighted by Crippen LogP contribution is 2.10. The van der Waals surface area contributed by atoms with Crippen molar-refractivity contribution >= 4 is 5.82 Å². The van der Waals surface area contributed by atoms with Gasteiger partial charge in [0.1, 0.15) is 5.82 Å². The van der Waals surface area contributed by atoms with Gasteiger partial charge in [0.2, 0.25) is 0 Å². The molecular formula is C13H23N3. The minimum absolute atomic E-state index is 0.499. The molecule has 0 amide bonds. The number of nitrogens with zero attached hydrogens (tertiary/aromatic N) is 2. The number of aromatic nitrogens is 1. The molecule has 1 N–H and O–H groups in total. The molecule has 0 aromatic carbocycles. The molecule has 0 atom stereocenters. The third kappa shape index (κ3) is 3.81. The third-order valence-electron chi connectivity index (χ3n) is 2.57. The fraction of sp³-hybridized carbons (Fsp3) is 0.615. The quantitative estimate of drug-likeness (QED) is 0.799. The average molecular weight is 221 g/mol. The minimum atomic E-state index is 0.499. The van der Waals surface area contributed by atoms with E-state index in [1.165, 1.54) is 0 Å². The fourth-order valence-electron chi connectivity index (χ4n) is 1.60. The highest BCUT2D eigenvalue weighted by Gasteiger charge is 2.04. The molecule has 90 valence electrons. The Hall–Kier alpha value is -1.09. The molecule has 1 rings (SSSR count). The number of nitrogens with one attached hydrogen (secondary N) is 1. The number of pyridine rings is 1. The van der Waals surface area contributed by atoms with Crippen LogP contribution in [0.4, 0.5) is 5.82 Å². The van der Waals surface area contributed by atoms with E-state index in [-0.39, 0.29) is 0 Å². The van der Waals surface area contributed by atoms with Crippen LogP contribution >= 0.6 is 0 Å². The molecule has 16 heavy (non-hydrogen) atoms. The predicted octanol–water partition coefficient (Wildman–Crippen LogP) is 2.43. The van der Waals surface area contributed by atoms with Crippen LogP contribution in [-0.4, -0.2) is 24.1 Å². The van der Waals surface area contributed by atoms with Gasteiger partial charge in [-0.3, -0.25) is 0 Å². The molecule has 0 aliphatic rings. The molecule has 1 heterocycles. The van der Waals surface area contributed by atoms with Crippen molar-refractivity contribution < 1.29 is 0 Å². The summed E-state index contributed by atoms with van der Waals surface area (Å²) in [6.07, 6.45) is 0. The van der Waals surface area contributed by atoms with Crippen molar-refractivity contribution in [2.45, 2.75) is 40.3 Å². The molecule has 0 saturated carbocycles. The summed E-state index contributed by atoms with van der Waals surface area (Å²) in [5.74, 6) is 1.08. The highest BCUT2D eigenvalue weighted by molar-refractivity contribution is 5.38. The topological polar surface area (TPSA) is 28.2 Å². The lowest BCUT2D eigenvalue weighted by atomic mass is 10.3. The molecule has 0 aliphatic carbocycles. The van der Waals surface area contributed by atoms with E-state index in [2.05, 4.69) is 61.1 Å². The number of rotatable bonds is 6. The van der Waals surface area contributed by atoms with E-state index in [1.807, 2.05) is 0 Å². The van der Waals surface area contributed by atoms with Crippen LogP contribution in [0.15, 0.2) is 18.2 Å². The summed E-state index contributed by atoms with van der Waals surface area (Å²) in [4.78, 5) is 6.91. The summed E-state index contributed by atoms with van der Waals surface area (Å²) in [7, 11) is 0. The molecule has 0 fully saturated rings. The van der Waals surface area contributed by atoms with E-state index in [9.17, 15) is 0 Å². The van der Waals surface area contributed by atoms with Crippen molar-refractivity contribution in [1.82, 2.24) is 10.3 Å². The molecule has 0 bridgehead atoms. The van der Waals surface area contributed by atoms with Crippen molar-refractivity contribution in [3.8, 4) is 0 Å². The van der Waals surface area contributed by atoms with Crippen LogP contribution in [0.5, 0.6) is 0 Å². The van der Waals surface area contributed by atoms with Gasteiger partial charge in [0.15, 0.2) is 0 Å². The Labute approximate surface area is 98.9 Å². The molecule has 0 radical (unpaired) electrons. The van der Waals surface area contributed by atoms with E-state index in [0.717, 1.165) is 31.1 Å². The van der Waals surface area contributed by atoms with Gasteiger partial charge in [-0.05, 0) is 26.0 Å². The summed E-state index contributed by atoms with van der Waals surface area (Å²) in [5.41, 5.74) is 1.11. The first-order valence-corrected chi connectivity index (χ1v) is 6.11. The van der Waals surface area contributed by atoms with Gasteiger partial charge in [0.25, 0.3) is 0 Å². The molecule has 0 aliphatic heterocycles. The lowest BCUT2D eigenvalue weighted by Crippen LogP contribution is -2.25. The normalized spacial score (nSPS) is 10.8. The van der Waals surface area contributed by atoms with Crippen LogP contribution in [-0.2, 0) is 6.54 Å². The fourth-order valence-corrected chi connectivity index (χ4v) is 1.60. The van der Waals surface area contributed by atoms with Gasteiger partial charge >= 0.3 is 0 Å². The highest BCUT2D eigenvalue weighted by atomic mass is 15.2. The van der Waals surface area contributed by atoms with Crippen molar-refractivity contribution in [3.63, 3.8) is 0 Å². The van der Waals surface area contributed by atoms with Gasteiger partial charge in [-0.25, -0.2) is 4.98 Å². The Morgan fingerprint density at radius 1 is 1.25 bits per heavy atom. The summed E-state index contributed by atoms with van der Waals surface area (Å²) in [5, 5.41) is 3.38. The lowest BCUT2D eigenvalue weighted by molar-refractivity contribution is 0.581. The largest absolute Gasteiger partial charge is 0.357 e. The maximum absolute atomic E-state index is 4.65. The Bertz CT molecular complexity index is 306. The van der Waals surface area contributed by atoms with Gasteiger partial charge in [-0.1, -0.05) is 19.9 Å². The van der Waals surface area contributed by atoms with Crippen molar-refractivity contribution in [1.29, 1.82) is 0 Å². The van der Waals surface area contributed by atoms with Gasteiger partial charge in [0.05, 0.1) is 5.69 Å². The van der Waals surface area contributed by atoms with E-state index >= 15 is 0 Å². The number of hydrogen-bond donors (Lipinski definition) is 1. The molecule has 3 nitrogen and oxygen atoms in total. The van der Waals surface area contributed by atoms with Crippen molar-refractivity contribution in [2.75, 3.05) is 18.0 Å². The van der Waals surface area contributed by atoms with Crippen LogP contribution in [0, 0.1) is 0 Å². The van der Waals surface area contributed by atoms with E-state index in [0.29, 0.717) is 6.04 Å². The van der Waals surface area contributed by atoms with Gasteiger partial charge in [0, 0.05) is 25.7 Å². The third-order valence-corrected chi connectivity index (χ3v) is 2.57. The summed E-state index contributed by atoms with van der Waals surface area (Å²) < 4.78 is 0. The summed E-state index contributed by atoms with van der Waals surface area (Å²) in [6, 6.07) is 6.73. The first kappa shape index (κ1) is 13.0. The van der Waals surface area contributed by atoms with Crippen LogP contribution in [0.25, 0.3) is 0 Å². The van der Waals surface area contributed by atoms with Crippen LogP contribution in [0.1, 0.15) is 33.4 Å². The lowest BCUT2D eigenvalue weighted by Gasteiger charge is -2.20. The predicted molar refractivity (Wildman–Crippen MR) is 69.8 cm³/mol. The zero-order valence-corrected chi connectivity index (χ0v) is 10.8. The smallest absolute Gasteiger partial charge is 0.128 e. The second-order valence-electron chi connectivity index (χ2n) is 4.20. The SMILES string of the molecule is CCN(CC)c1cccc(CNC(C)C)n1. The number of hydrogen-bond acceptors (Lipinski definition) is 3. The zero-order chi connectivity index (χ0) is 12.0. The monoisotopic (exact) mass is 221 g/mol. The summed E-state index contributed by atoms with van der Waals surface area (Å²) in [6.45, 7) is 11.5. The van der Waals surface area contributed by atoms with Gasteiger partial charge in [-0.2, -0.15) is 0 Å². The van der Waals surface area contributed by atoms with E-state index < -0.39 is 0 Å². The zero-order valence-electron chi connectivity index (χ0n) is 10.8. The maximum Gasteiger partial charge on any atom is 0.128 e. The Morgan fingerprint density at radius 2 is 1.94 bits per heavy atom. The molecule has 0 unspecified atom stereocenters. The molecule has 0 spiro atoms. The summed E-state index contributed by atoms with van der Waals surface area (Å²) >= 11 is 0. The molecule has 3 heteroatoms. The molecule has 0 saturated heterocycles. The standard InChI is InChI=1S/C13H23N3/c1-5-16(6-2)13-9-7-8-12(15-13)10-14-11(3)4/h7-9,11,14H,5-6,10H2,1-4H3. The Kier molecular flexibility index (Phi) is 5.26. The Morgan fingerprint density at radius 3 is 2.50 bits per heavy atom.